The summed E-state index contributed by atoms with van der Waals surface area (Å²) in [5.74, 6) is -0.381. The van der Waals surface area contributed by atoms with Crippen LogP contribution < -0.4 is 5.50 Å². The molecule has 0 aliphatic heterocycles. The van der Waals surface area contributed by atoms with Gasteiger partial charge in [-0.05, 0) is 0 Å². The van der Waals surface area contributed by atoms with Crippen molar-refractivity contribution in [1.82, 2.24) is 0 Å². The number of esters is 1. The zero-order valence-electron chi connectivity index (χ0n) is 5.50. The van der Waals surface area contributed by atoms with Gasteiger partial charge in [0.15, 0.2) is 0 Å². The molecule has 0 aromatic carbocycles. The van der Waals surface area contributed by atoms with Gasteiger partial charge in [-0.25, -0.2) is 4.79 Å². The predicted octanol–water partition coefficient (Wildman–Crippen LogP) is 0.846. The lowest BCUT2D eigenvalue weighted by Gasteiger charge is -1.97. The number of ether oxygens (including phenoxy) is 1. The molecule has 5 heteroatoms. The van der Waals surface area contributed by atoms with Crippen molar-refractivity contribution in [2.45, 2.75) is 0 Å². The van der Waals surface area contributed by atoms with Crippen LogP contribution in [-0.4, -0.2) is 18.7 Å². The molecule has 0 aromatic heterocycles. The van der Waals surface area contributed by atoms with Crippen LogP contribution in [0, 0.1) is 0 Å². The van der Waals surface area contributed by atoms with Crippen LogP contribution in [0.25, 0.3) is 0 Å². The molecule has 0 aliphatic carbocycles. The number of carbonyl (C=O) groups is 1. The molecule has 0 spiro atoms. The molecule has 10 heavy (non-hydrogen) atoms. The second kappa shape index (κ2) is 9.08. The van der Waals surface area contributed by atoms with Crippen LogP contribution in [-0.2, 0) is 9.53 Å². The van der Waals surface area contributed by atoms with Crippen LogP contribution in [0.15, 0.2) is 12.7 Å². The summed E-state index contributed by atoms with van der Waals surface area (Å²) in [5, 5.41) is 0. The fraction of sp³-hybridized carbons (Fsp3) is 0.400. The van der Waals surface area contributed by atoms with Gasteiger partial charge in [-0.3, -0.25) is 0 Å². The van der Waals surface area contributed by atoms with Gasteiger partial charge < -0.3 is 10.2 Å². The van der Waals surface area contributed by atoms with Gasteiger partial charge in [-0.2, -0.15) is 0 Å². The Bertz CT molecular complexity index is 110. The zero-order chi connectivity index (χ0) is 7.11. The minimum absolute atomic E-state index is 0. The molecule has 0 saturated carbocycles. The molecule has 0 aromatic rings. The molecule has 0 rings (SSSR count). The normalized spacial score (nSPS) is 8.90. The Balaban J connectivity index is 0. The van der Waals surface area contributed by atoms with Crippen LogP contribution in [0.2, 0.25) is 0 Å². The van der Waals surface area contributed by atoms with E-state index in [1.54, 1.807) is 0 Å². The third-order valence-electron chi connectivity index (χ3n) is 0.657. The Morgan fingerprint density at radius 3 is 2.80 bits per heavy atom. The van der Waals surface area contributed by atoms with E-state index in [0.717, 1.165) is 12.2 Å². The van der Waals surface area contributed by atoms with E-state index < -0.39 is 0 Å². The third kappa shape index (κ3) is 8.08. The topological polar surface area (TPSA) is 52.3 Å². The van der Waals surface area contributed by atoms with E-state index in [-0.39, 0.29) is 23.0 Å². The van der Waals surface area contributed by atoms with E-state index in [0.29, 0.717) is 15.3 Å². The summed E-state index contributed by atoms with van der Waals surface area (Å²) in [6, 6.07) is 0. The van der Waals surface area contributed by atoms with Gasteiger partial charge in [-0.15, -0.1) is 17.0 Å². The van der Waals surface area contributed by atoms with Gasteiger partial charge in [0.05, 0.1) is 6.61 Å². The molecule has 0 radical (unpaired) electrons. The zero-order valence-corrected chi connectivity index (χ0v) is 8.21. The summed E-state index contributed by atoms with van der Waals surface area (Å²) >= 11 is 0. The van der Waals surface area contributed by atoms with Crippen molar-refractivity contribution < 1.29 is 9.53 Å². The second-order valence-electron chi connectivity index (χ2n) is 1.33. The number of nitrogens with two attached hydrogens (primary N) is 1. The standard InChI is InChI=1S/C5H10NO2P.BrH/c1-2-5(7)8-3-4-9-6;/h2,9H,1,3-4,6H2;1H. The summed E-state index contributed by atoms with van der Waals surface area (Å²) < 4.78 is 4.60. The molecule has 0 amide bonds. The highest BCUT2D eigenvalue weighted by Crippen LogP contribution is 1.93. The maximum atomic E-state index is 10.3. The van der Waals surface area contributed by atoms with Crippen LogP contribution >= 0.6 is 25.7 Å². The lowest BCUT2D eigenvalue weighted by Crippen LogP contribution is -2.03. The molecule has 0 aliphatic rings. The van der Waals surface area contributed by atoms with E-state index in [1.165, 1.54) is 0 Å². The Morgan fingerprint density at radius 2 is 2.40 bits per heavy atom. The van der Waals surface area contributed by atoms with Crippen molar-refractivity contribution in [1.29, 1.82) is 0 Å². The Labute approximate surface area is 72.6 Å². The number of hydrogen-bond donors (Lipinski definition) is 1. The number of carbonyl (C=O) groups excluding carboxylic acids is 1. The quantitative estimate of drug-likeness (QED) is 0.336. The first-order valence-corrected chi connectivity index (χ1v) is 3.82. The molecule has 1 atom stereocenters. The smallest absolute Gasteiger partial charge is 0.330 e. The first-order valence-electron chi connectivity index (χ1n) is 2.54. The van der Waals surface area contributed by atoms with Crippen molar-refractivity contribution in [2.24, 2.45) is 5.50 Å². The van der Waals surface area contributed by atoms with Gasteiger partial charge in [0.25, 0.3) is 0 Å². The summed E-state index contributed by atoms with van der Waals surface area (Å²) in [5.41, 5.74) is 5.17. The molecule has 2 N–H and O–H groups in total. The summed E-state index contributed by atoms with van der Waals surface area (Å²) in [4.78, 5) is 10.3. The average Bonchev–Trinajstić information content (AvgIpc) is 1.89. The van der Waals surface area contributed by atoms with Gasteiger partial charge in [0, 0.05) is 12.2 Å². The van der Waals surface area contributed by atoms with E-state index in [2.05, 4.69) is 11.3 Å². The Morgan fingerprint density at radius 1 is 1.80 bits per heavy atom. The minimum Gasteiger partial charge on any atom is -0.462 e. The van der Waals surface area contributed by atoms with E-state index in [1.807, 2.05) is 0 Å². The molecule has 1 unspecified atom stereocenters. The first-order chi connectivity index (χ1) is 4.31. The molecule has 0 heterocycles. The van der Waals surface area contributed by atoms with Crippen molar-refractivity contribution in [3.8, 4) is 0 Å². The second-order valence-corrected chi connectivity index (χ2v) is 2.23. The SMILES string of the molecule is Br.C=CC(=O)OCCPN. The fourth-order valence-electron chi connectivity index (χ4n) is 0.269. The first kappa shape index (κ1) is 12.7. The van der Waals surface area contributed by atoms with Crippen molar-refractivity contribution in [3.63, 3.8) is 0 Å². The van der Waals surface area contributed by atoms with Gasteiger partial charge in [-0.1, -0.05) is 15.3 Å². The summed E-state index contributed by atoms with van der Waals surface area (Å²) in [7, 11) is 0.347. The summed E-state index contributed by atoms with van der Waals surface area (Å²) in [6.45, 7) is 3.64. The maximum Gasteiger partial charge on any atom is 0.330 e. The molecule has 0 fully saturated rings. The molecular weight excluding hydrogens is 217 g/mol. The molecule has 3 nitrogen and oxygen atoms in total. The monoisotopic (exact) mass is 227 g/mol. The van der Waals surface area contributed by atoms with Gasteiger partial charge in [0.1, 0.15) is 0 Å². The molecule has 60 valence electrons. The fourth-order valence-corrected chi connectivity index (χ4v) is 0.489. The van der Waals surface area contributed by atoms with E-state index in [9.17, 15) is 4.79 Å². The van der Waals surface area contributed by atoms with E-state index in [4.69, 9.17) is 5.50 Å². The van der Waals surface area contributed by atoms with Crippen molar-refractivity contribution >= 4 is 31.7 Å². The van der Waals surface area contributed by atoms with Crippen molar-refractivity contribution in [3.05, 3.63) is 12.7 Å². The van der Waals surface area contributed by atoms with Crippen LogP contribution in [0.4, 0.5) is 0 Å². The third-order valence-corrected chi connectivity index (χ3v) is 1.15. The minimum atomic E-state index is -0.381. The number of halogens is 1. The van der Waals surface area contributed by atoms with Gasteiger partial charge in [0.2, 0.25) is 0 Å². The lowest BCUT2D eigenvalue weighted by atomic mass is 10.6. The van der Waals surface area contributed by atoms with Gasteiger partial charge >= 0.3 is 5.97 Å². The Hall–Kier alpha value is 0.0800. The largest absolute Gasteiger partial charge is 0.462 e. The maximum absolute atomic E-state index is 10.3. The van der Waals surface area contributed by atoms with E-state index >= 15 is 0 Å². The summed E-state index contributed by atoms with van der Waals surface area (Å²) in [6.07, 6.45) is 1.87. The highest BCUT2D eigenvalue weighted by molar-refractivity contribution is 8.93. The average molecular weight is 228 g/mol. The highest BCUT2D eigenvalue weighted by atomic mass is 79.9. The lowest BCUT2D eigenvalue weighted by molar-refractivity contribution is -0.137. The highest BCUT2D eigenvalue weighted by Gasteiger charge is 1.91. The number of rotatable bonds is 4. The molecule has 0 saturated heterocycles. The van der Waals surface area contributed by atoms with Crippen molar-refractivity contribution in [2.75, 3.05) is 12.8 Å². The van der Waals surface area contributed by atoms with Crippen LogP contribution in [0.3, 0.4) is 0 Å². The molecular formula is C5H11BrNO2P. The molecule has 0 bridgehead atoms. The van der Waals surface area contributed by atoms with Crippen LogP contribution in [0.5, 0.6) is 0 Å². The van der Waals surface area contributed by atoms with Crippen LogP contribution in [0.1, 0.15) is 0 Å². The number of hydrogen-bond acceptors (Lipinski definition) is 3. The Kier molecular flexibility index (Phi) is 11.6. The predicted molar refractivity (Wildman–Crippen MR) is 48.8 cm³/mol.